The second kappa shape index (κ2) is 4.74. The molecule has 3 heterocycles. The molecule has 0 bridgehead atoms. The molecule has 19 heavy (non-hydrogen) atoms. The van der Waals surface area contributed by atoms with E-state index in [4.69, 9.17) is 4.74 Å². The molecule has 0 aliphatic carbocycles. The van der Waals surface area contributed by atoms with E-state index in [1.807, 2.05) is 17.5 Å². The van der Waals surface area contributed by atoms with Crippen LogP contribution in [0.15, 0.2) is 41.9 Å². The van der Waals surface area contributed by atoms with E-state index in [1.165, 1.54) is 4.40 Å². The first-order chi connectivity index (χ1) is 9.25. The zero-order valence-corrected chi connectivity index (χ0v) is 10.6. The largest absolute Gasteiger partial charge is 0.476 e. The molecule has 0 aromatic carbocycles. The lowest BCUT2D eigenvalue weighted by Gasteiger charge is -2.02. The van der Waals surface area contributed by atoms with Crippen LogP contribution in [-0.4, -0.2) is 20.5 Å². The van der Waals surface area contributed by atoms with Gasteiger partial charge in [-0.1, -0.05) is 12.1 Å². The van der Waals surface area contributed by atoms with Gasteiger partial charge < -0.3 is 9.84 Å². The standard InChI is InChI=1S/C13H10N2O3S/c16-13(17)11-12(18-8-9-4-3-7-19-9)14-10-5-1-2-6-15(10)11/h1-7H,8H2,(H,16,17). The quantitative estimate of drug-likeness (QED) is 0.794. The summed E-state index contributed by atoms with van der Waals surface area (Å²) in [5, 5.41) is 11.2. The third-order valence-corrected chi connectivity index (χ3v) is 3.48. The topological polar surface area (TPSA) is 63.8 Å². The number of imidazole rings is 1. The van der Waals surface area contributed by atoms with E-state index in [0.717, 1.165) is 4.88 Å². The van der Waals surface area contributed by atoms with Gasteiger partial charge in [0.15, 0.2) is 5.69 Å². The number of aromatic nitrogens is 2. The van der Waals surface area contributed by atoms with E-state index in [1.54, 1.807) is 35.7 Å². The molecule has 3 aromatic heterocycles. The second-order valence-electron chi connectivity index (χ2n) is 3.87. The summed E-state index contributed by atoms with van der Waals surface area (Å²) in [5.41, 5.74) is 0.605. The van der Waals surface area contributed by atoms with Crippen molar-refractivity contribution in [3.8, 4) is 5.88 Å². The van der Waals surface area contributed by atoms with Crippen LogP contribution in [0.2, 0.25) is 0 Å². The van der Waals surface area contributed by atoms with E-state index < -0.39 is 5.97 Å². The van der Waals surface area contributed by atoms with Gasteiger partial charge in [0.2, 0.25) is 5.88 Å². The average molecular weight is 274 g/mol. The van der Waals surface area contributed by atoms with Gasteiger partial charge in [0.05, 0.1) is 0 Å². The monoisotopic (exact) mass is 274 g/mol. The molecule has 1 N–H and O–H groups in total. The Balaban J connectivity index is 1.98. The predicted octanol–water partition coefficient (Wildman–Crippen LogP) is 2.67. The normalized spacial score (nSPS) is 10.7. The zero-order valence-electron chi connectivity index (χ0n) is 9.81. The molecule has 0 fully saturated rings. The summed E-state index contributed by atoms with van der Waals surface area (Å²) in [6.45, 7) is 0.321. The first kappa shape index (κ1) is 11.7. The molecule has 6 heteroatoms. The molecule has 0 aliphatic heterocycles. The minimum absolute atomic E-state index is 0.0483. The molecule has 0 unspecified atom stereocenters. The van der Waals surface area contributed by atoms with Gasteiger partial charge in [-0.3, -0.25) is 4.40 Å². The summed E-state index contributed by atoms with van der Waals surface area (Å²) in [4.78, 5) is 16.5. The number of aromatic carboxylic acids is 1. The lowest BCUT2D eigenvalue weighted by atomic mass is 10.4. The van der Waals surface area contributed by atoms with Crippen LogP contribution in [0.25, 0.3) is 5.65 Å². The molecule has 0 saturated carbocycles. The molecule has 96 valence electrons. The number of carboxylic acids is 1. The van der Waals surface area contributed by atoms with Crippen molar-refractivity contribution in [2.45, 2.75) is 6.61 Å². The Morgan fingerprint density at radius 3 is 3.00 bits per heavy atom. The molecule has 0 radical (unpaired) electrons. The molecule has 0 spiro atoms. The SMILES string of the molecule is O=C(O)c1c(OCc2cccs2)nc2ccccn12. The highest BCUT2D eigenvalue weighted by molar-refractivity contribution is 7.09. The summed E-state index contributed by atoms with van der Waals surface area (Å²) in [7, 11) is 0. The molecule has 0 aliphatic rings. The number of hydrogen-bond acceptors (Lipinski definition) is 4. The number of pyridine rings is 1. The summed E-state index contributed by atoms with van der Waals surface area (Å²) < 4.78 is 7.03. The molecule has 5 nitrogen and oxygen atoms in total. The smallest absolute Gasteiger partial charge is 0.358 e. The lowest BCUT2D eigenvalue weighted by molar-refractivity contribution is 0.0683. The first-order valence-corrected chi connectivity index (χ1v) is 6.49. The van der Waals surface area contributed by atoms with Crippen molar-refractivity contribution in [2.24, 2.45) is 0 Å². The van der Waals surface area contributed by atoms with Gasteiger partial charge in [0.1, 0.15) is 12.3 Å². The molecular weight excluding hydrogens is 264 g/mol. The second-order valence-corrected chi connectivity index (χ2v) is 4.90. The van der Waals surface area contributed by atoms with Crippen molar-refractivity contribution in [1.29, 1.82) is 0 Å². The third-order valence-electron chi connectivity index (χ3n) is 2.63. The van der Waals surface area contributed by atoms with Gasteiger partial charge in [-0.2, -0.15) is 4.98 Å². The van der Waals surface area contributed by atoms with Crippen LogP contribution >= 0.6 is 11.3 Å². The van der Waals surface area contributed by atoms with Crippen LogP contribution in [0.3, 0.4) is 0 Å². The van der Waals surface area contributed by atoms with Gasteiger partial charge in [-0.15, -0.1) is 11.3 Å². The van der Waals surface area contributed by atoms with Gasteiger partial charge in [0, 0.05) is 11.1 Å². The Morgan fingerprint density at radius 1 is 1.37 bits per heavy atom. The maximum absolute atomic E-state index is 11.3. The van der Waals surface area contributed by atoms with E-state index in [-0.39, 0.29) is 11.6 Å². The molecule has 0 atom stereocenters. The predicted molar refractivity (Wildman–Crippen MR) is 70.8 cm³/mol. The number of rotatable bonds is 4. The van der Waals surface area contributed by atoms with Crippen molar-refractivity contribution < 1.29 is 14.6 Å². The van der Waals surface area contributed by atoms with E-state index in [2.05, 4.69) is 4.98 Å². The Labute approximate surface area is 112 Å². The van der Waals surface area contributed by atoms with E-state index in [0.29, 0.717) is 12.3 Å². The minimum Gasteiger partial charge on any atom is -0.476 e. The van der Waals surface area contributed by atoms with Crippen molar-refractivity contribution in [1.82, 2.24) is 9.38 Å². The van der Waals surface area contributed by atoms with Crippen molar-refractivity contribution in [2.75, 3.05) is 0 Å². The Morgan fingerprint density at radius 2 is 2.26 bits per heavy atom. The fourth-order valence-corrected chi connectivity index (χ4v) is 2.42. The number of nitrogens with zero attached hydrogens (tertiary/aromatic N) is 2. The highest BCUT2D eigenvalue weighted by atomic mass is 32.1. The van der Waals surface area contributed by atoms with Crippen LogP contribution in [0.4, 0.5) is 0 Å². The Bertz CT molecular complexity index is 719. The number of hydrogen-bond donors (Lipinski definition) is 1. The first-order valence-electron chi connectivity index (χ1n) is 5.61. The van der Waals surface area contributed by atoms with E-state index in [9.17, 15) is 9.90 Å². The number of thiophene rings is 1. The average Bonchev–Trinajstić information content (AvgIpc) is 3.03. The maximum Gasteiger partial charge on any atom is 0.358 e. The summed E-state index contributed by atoms with van der Waals surface area (Å²) in [5.74, 6) is -0.910. The van der Waals surface area contributed by atoms with Gasteiger partial charge in [-0.05, 0) is 23.6 Å². The van der Waals surface area contributed by atoms with Gasteiger partial charge >= 0.3 is 5.97 Å². The summed E-state index contributed by atoms with van der Waals surface area (Å²) in [6, 6.07) is 9.15. The van der Waals surface area contributed by atoms with Crippen LogP contribution in [0.1, 0.15) is 15.4 Å². The summed E-state index contributed by atoms with van der Waals surface area (Å²) >= 11 is 1.56. The van der Waals surface area contributed by atoms with Crippen molar-refractivity contribution >= 4 is 23.0 Å². The highest BCUT2D eigenvalue weighted by Crippen LogP contribution is 2.21. The molecule has 3 aromatic rings. The number of ether oxygens (including phenoxy) is 1. The fraction of sp³-hybridized carbons (Fsp3) is 0.0769. The number of carbonyl (C=O) groups is 1. The maximum atomic E-state index is 11.3. The minimum atomic E-state index is -1.06. The molecule has 0 amide bonds. The number of fused-ring (bicyclic) bond motifs is 1. The van der Waals surface area contributed by atoms with E-state index >= 15 is 0 Å². The van der Waals surface area contributed by atoms with Crippen LogP contribution in [0, 0.1) is 0 Å². The third kappa shape index (κ3) is 2.17. The summed E-state index contributed by atoms with van der Waals surface area (Å²) in [6.07, 6.45) is 1.66. The highest BCUT2D eigenvalue weighted by Gasteiger charge is 2.19. The zero-order chi connectivity index (χ0) is 13.2. The molecular formula is C13H10N2O3S. The van der Waals surface area contributed by atoms with Crippen molar-refractivity contribution in [3.05, 3.63) is 52.5 Å². The van der Waals surface area contributed by atoms with Crippen LogP contribution in [0.5, 0.6) is 5.88 Å². The van der Waals surface area contributed by atoms with Crippen molar-refractivity contribution in [3.63, 3.8) is 0 Å². The Kier molecular flexibility index (Phi) is 2.92. The van der Waals surface area contributed by atoms with Crippen LogP contribution < -0.4 is 4.74 Å². The fourth-order valence-electron chi connectivity index (χ4n) is 1.80. The van der Waals surface area contributed by atoms with Gasteiger partial charge in [-0.25, -0.2) is 4.79 Å². The Hall–Kier alpha value is -2.34. The molecule has 3 rings (SSSR count). The lowest BCUT2D eigenvalue weighted by Crippen LogP contribution is -2.05. The van der Waals surface area contributed by atoms with Gasteiger partial charge in [0.25, 0.3) is 0 Å². The number of carboxylic acid groups (broad SMARTS) is 1. The molecule has 0 saturated heterocycles. The van der Waals surface area contributed by atoms with Crippen LogP contribution in [-0.2, 0) is 6.61 Å².